The summed E-state index contributed by atoms with van der Waals surface area (Å²) in [4.78, 5) is 1.22. The average molecular weight is 311 g/mol. The van der Waals surface area contributed by atoms with Gasteiger partial charge in [-0.15, -0.1) is 0 Å². The van der Waals surface area contributed by atoms with E-state index in [1.165, 1.54) is 17.0 Å². The Morgan fingerprint density at radius 3 is 2.42 bits per heavy atom. The van der Waals surface area contributed by atoms with Crippen LogP contribution in [0.15, 0.2) is 18.2 Å². The number of anilines is 1. The highest BCUT2D eigenvalue weighted by atomic mass is 35.5. The molecule has 0 bridgehead atoms. The van der Waals surface area contributed by atoms with E-state index < -0.39 is 12.7 Å². The summed E-state index contributed by atoms with van der Waals surface area (Å²) in [5, 5.41) is 0.336. The van der Waals surface area contributed by atoms with E-state index >= 15 is 0 Å². The van der Waals surface area contributed by atoms with E-state index in [0.717, 1.165) is 0 Å². The van der Waals surface area contributed by atoms with E-state index in [1.54, 1.807) is 19.9 Å². The Kier molecular flexibility index (Phi) is 5.04. The minimum atomic E-state index is -4.32. The third-order valence-electron chi connectivity index (χ3n) is 2.51. The van der Waals surface area contributed by atoms with Gasteiger partial charge in [-0.05, 0) is 32.0 Å². The number of benzene rings is 1. The quantitative estimate of drug-likeness (QED) is 0.859. The van der Waals surface area contributed by atoms with Crippen LogP contribution in [0.25, 0.3) is 0 Å². The van der Waals surface area contributed by atoms with E-state index in [-0.39, 0.29) is 11.0 Å². The smallest absolute Gasteiger partial charge is 0.389 e. The zero-order valence-corrected chi connectivity index (χ0v) is 12.0. The molecule has 0 heterocycles. The summed E-state index contributed by atoms with van der Waals surface area (Å²) in [5.74, 6) is 0. The molecular formula is C12H14ClF3N2S. The number of nitrogens with two attached hydrogens (primary N) is 1. The van der Waals surface area contributed by atoms with E-state index in [2.05, 4.69) is 0 Å². The first-order chi connectivity index (χ1) is 8.61. The van der Waals surface area contributed by atoms with Crippen LogP contribution >= 0.6 is 23.8 Å². The van der Waals surface area contributed by atoms with Gasteiger partial charge in [0.2, 0.25) is 0 Å². The Balaban J connectivity index is 3.29. The molecule has 0 aliphatic rings. The minimum Gasteiger partial charge on any atom is -0.389 e. The summed E-state index contributed by atoms with van der Waals surface area (Å²) in [7, 11) is 0. The summed E-state index contributed by atoms with van der Waals surface area (Å²) in [5.41, 5.74) is 6.23. The molecule has 7 heteroatoms. The highest BCUT2D eigenvalue weighted by molar-refractivity contribution is 7.80. The molecule has 0 saturated heterocycles. The van der Waals surface area contributed by atoms with Crippen molar-refractivity contribution in [3.63, 3.8) is 0 Å². The Bertz CT molecular complexity index is 475. The van der Waals surface area contributed by atoms with Crippen molar-refractivity contribution in [2.45, 2.75) is 26.1 Å². The second-order valence-electron chi connectivity index (χ2n) is 4.36. The molecule has 106 valence electrons. The van der Waals surface area contributed by atoms with Gasteiger partial charge in [-0.2, -0.15) is 13.2 Å². The van der Waals surface area contributed by atoms with E-state index in [0.29, 0.717) is 16.3 Å². The molecule has 1 aromatic rings. The molecule has 0 fully saturated rings. The summed E-state index contributed by atoms with van der Waals surface area (Å²) in [6.45, 7) is 2.24. The standard InChI is InChI=1S/C12H14ClF3N2S/c1-7(2)18(6-12(14,15)16)10-5-8(13)3-4-9(10)11(17)19/h3-5,7H,6H2,1-2H3,(H2,17,19). The molecule has 0 saturated carbocycles. The van der Waals surface area contributed by atoms with Gasteiger partial charge in [0, 0.05) is 22.3 Å². The molecule has 2 N–H and O–H groups in total. The number of nitrogens with zero attached hydrogens (tertiary/aromatic N) is 1. The lowest BCUT2D eigenvalue weighted by Gasteiger charge is -2.31. The highest BCUT2D eigenvalue weighted by Crippen LogP contribution is 2.29. The molecule has 0 aromatic heterocycles. The predicted octanol–water partition coefficient (Wildman–Crippen LogP) is 3.75. The molecule has 0 radical (unpaired) electrons. The fourth-order valence-electron chi connectivity index (χ4n) is 1.69. The molecule has 1 rings (SSSR count). The van der Waals surface area contributed by atoms with Crippen LogP contribution in [-0.4, -0.2) is 23.8 Å². The molecule has 0 atom stereocenters. The molecule has 0 amide bonds. The molecule has 0 aliphatic carbocycles. The van der Waals surface area contributed by atoms with Crippen LogP contribution in [0.2, 0.25) is 5.02 Å². The normalized spacial score (nSPS) is 11.7. The zero-order valence-electron chi connectivity index (χ0n) is 10.5. The van der Waals surface area contributed by atoms with E-state index in [1.807, 2.05) is 0 Å². The van der Waals surface area contributed by atoms with Gasteiger partial charge >= 0.3 is 6.18 Å². The van der Waals surface area contributed by atoms with Crippen molar-refractivity contribution in [3.8, 4) is 0 Å². The maximum absolute atomic E-state index is 12.6. The number of thiocarbonyl (C=S) groups is 1. The third-order valence-corrected chi connectivity index (χ3v) is 2.96. The Labute approximate surface area is 120 Å². The number of hydrogen-bond acceptors (Lipinski definition) is 2. The van der Waals surface area contributed by atoms with Gasteiger partial charge in [-0.1, -0.05) is 23.8 Å². The van der Waals surface area contributed by atoms with Crippen molar-refractivity contribution < 1.29 is 13.2 Å². The predicted molar refractivity (Wildman–Crippen MR) is 75.9 cm³/mol. The van der Waals surface area contributed by atoms with Crippen LogP contribution in [0.1, 0.15) is 19.4 Å². The number of rotatable bonds is 4. The highest BCUT2D eigenvalue weighted by Gasteiger charge is 2.33. The molecule has 0 aliphatic heterocycles. The minimum absolute atomic E-state index is 0.0412. The number of halogens is 4. The van der Waals surface area contributed by atoms with Crippen molar-refractivity contribution in [2.24, 2.45) is 5.73 Å². The number of alkyl halides is 3. The molecule has 2 nitrogen and oxygen atoms in total. The first-order valence-electron chi connectivity index (χ1n) is 5.54. The van der Waals surface area contributed by atoms with Crippen LogP contribution in [0.3, 0.4) is 0 Å². The lowest BCUT2D eigenvalue weighted by molar-refractivity contribution is -0.120. The Hall–Kier alpha value is -1.01. The maximum atomic E-state index is 12.6. The molecule has 19 heavy (non-hydrogen) atoms. The average Bonchev–Trinajstić information content (AvgIpc) is 2.23. The van der Waals surface area contributed by atoms with Gasteiger partial charge in [0.1, 0.15) is 11.5 Å². The zero-order chi connectivity index (χ0) is 14.8. The molecular weight excluding hydrogens is 297 g/mol. The van der Waals surface area contributed by atoms with Crippen LogP contribution < -0.4 is 10.6 Å². The molecule has 0 spiro atoms. The lowest BCUT2D eigenvalue weighted by Crippen LogP contribution is -2.40. The Morgan fingerprint density at radius 1 is 1.42 bits per heavy atom. The van der Waals surface area contributed by atoms with Crippen LogP contribution in [0.5, 0.6) is 0 Å². The SMILES string of the molecule is CC(C)N(CC(F)(F)F)c1cc(Cl)ccc1C(N)=S. The van der Waals surface area contributed by atoms with E-state index in [9.17, 15) is 13.2 Å². The largest absolute Gasteiger partial charge is 0.405 e. The second-order valence-corrected chi connectivity index (χ2v) is 5.24. The monoisotopic (exact) mass is 310 g/mol. The van der Waals surface area contributed by atoms with Gasteiger partial charge < -0.3 is 10.6 Å². The fraction of sp³-hybridized carbons (Fsp3) is 0.417. The number of hydrogen-bond donors (Lipinski definition) is 1. The Morgan fingerprint density at radius 2 is 2.00 bits per heavy atom. The van der Waals surface area contributed by atoms with Gasteiger partial charge in [0.25, 0.3) is 0 Å². The molecule has 0 unspecified atom stereocenters. The van der Waals surface area contributed by atoms with Gasteiger partial charge in [-0.3, -0.25) is 0 Å². The van der Waals surface area contributed by atoms with Crippen LogP contribution in [-0.2, 0) is 0 Å². The van der Waals surface area contributed by atoms with Crippen LogP contribution in [0.4, 0.5) is 18.9 Å². The second kappa shape index (κ2) is 5.96. The fourth-order valence-corrected chi connectivity index (χ4v) is 2.03. The summed E-state index contributed by atoms with van der Waals surface area (Å²) in [6.07, 6.45) is -4.32. The van der Waals surface area contributed by atoms with Crippen LogP contribution in [0, 0.1) is 0 Å². The lowest BCUT2D eigenvalue weighted by atomic mass is 10.1. The van der Waals surface area contributed by atoms with Gasteiger partial charge in [-0.25, -0.2) is 0 Å². The van der Waals surface area contributed by atoms with Gasteiger partial charge in [0.15, 0.2) is 0 Å². The molecule has 1 aromatic carbocycles. The summed E-state index contributed by atoms with van der Waals surface area (Å²) in [6, 6.07) is 4.16. The first kappa shape index (κ1) is 16.0. The van der Waals surface area contributed by atoms with Crippen molar-refractivity contribution in [1.29, 1.82) is 0 Å². The first-order valence-corrected chi connectivity index (χ1v) is 6.33. The third kappa shape index (κ3) is 4.54. The van der Waals surface area contributed by atoms with Gasteiger partial charge in [0.05, 0.1) is 0 Å². The topological polar surface area (TPSA) is 29.3 Å². The van der Waals surface area contributed by atoms with Crippen molar-refractivity contribution in [2.75, 3.05) is 11.4 Å². The van der Waals surface area contributed by atoms with Crippen molar-refractivity contribution in [3.05, 3.63) is 28.8 Å². The van der Waals surface area contributed by atoms with E-state index in [4.69, 9.17) is 29.6 Å². The summed E-state index contributed by atoms with van der Waals surface area (Å²) >= 11 is 10.7. The summed E-state index contributed by atoms with van der Waals surface area (Å²) < 4.78 is 37.9. The van der Waals surface area contributed by atoms with Crippen molar-refractivity contribution in [1.82, 2.24) is 0 Å². The van der Waals surface area contributed by atoms with Crippen molar-refractivity contribution >= 4 is 34.5 Å². The maximum Gasteiger partial charge on any atom is 0.405 e.